The van der Waals surface area contributed by atoms with Crippen molar-refractivity contribution in [1.82, 2.24) is 30.2 Å². The number of anilines is 2. The van der Waals surface area contributed by atoms with Gasteiger partial charge in [-0.25, -0.2) is 25.2 Å². The number of aldehydes is 1. The van der Waals surface area contributed by atoms with Gasteiger partial charge in [-0.2, -0.15) is 5.10 Å². The van der Waals surface area contributed by atoms with Crippen molar-refractivity contribution >= 4 is 43.0 Å². The number of carboxylic acid groups (broad SMARTS) is 1. The quantitative estimate of drug-likeness (QED) is 0.0829. The van der Waals surface area contributed by atoms with Crippen LogP contribution in [0.15, 0.2) is 55.0 Å². The molecule has 4 rings (SSSR count). The number of amides is 1. The summed E-state index contributed by atoms with van der Waals surface area (Å²) in [5.41, 5.74) is 10.3. The second-order valence-corrected chi connectivity index (χ2v) is 15.3. The predicted molar refractivity (Wildman–Crippen MR) is 161 cm³/mol. The van der Waals surface area contributed by atoms with Crippen molar-refractivity contribution in [2.45, 2.75) is 32.6 Å². The van der Waals surface area contributed by atoms with Crippen molar-refractivity contribution in [3.63, 3.8) is 0 Å². The van der Waals surface area contributed by atoms with Crippen LogP contribution >= 0.6 is 0 Å². The minimum absolute atomic E-state index is 0.153. The minimum atomic E-state index is -1.48. The number of nitrogens with one attached hydrogen (secondary N) is 2. The van der Waals surface area contributed by atoms with E-state index in [4.69, 9.17) is 4.74 Å². The number of hydrogen-bond acceptors (Lipinski definition) is 8. The molecule has 0 saturated heterocycles. The van der Waals surface area contributed by atoms with Crippen LogP contribution in [0.1, 0.15) is 12.5 Å². The fourth-order valence-electron chi connectivity index (χ4n) is 3.83. The predicted octanol–water partition coefficient (Wildman–Crippen LogP) is 4.45. The van der Waals surface area contributed by atoms with E-state index in [1.165, 1.54) is 6.92 Å². The Bertz CT molecular complexity index is 1620. The van der Waals surface area contributed by atoms with E-state index in [9.17, 15) is 14.7 Å². The largest absolute Gasteiger partial charge is 0.492 e. The molecule has 0 radical (unpaired) electrons. The van der Waals surface area contributed by atoms with Crippen molar-refractivity contribution in [1.29, 1.82) is 0 Å². The zero-order chi connectivity index (χ0) is 29.6. The lowest BCUT2D eigenvalue weighted by atomic mass is 10.1. The number of hydrogen-bond donors (Lipinski definition) is 3. The Morgan fingerprint density at radius 2 is 2.00 bits per heavy atom. The van der Waals surface area contributed by atoms with E-state index in [2.05, 4.69) is 56.9 Å². The summed E-state index contributed by atoms with van der Waals surface area (Å²) in [5, 5.41) is 18.6. The molecular weight excluding hydrogens is 538 g/mol. The van der Waals surface area contributed by atoms with E-state index in [1.807, 2.05) is 49.6 Å². The third-order valence-electron chi connectivity index (χ3n) is 5.83. The van der Waals surface area contributed by atoms with Crippen molar-refractivity contribution in [3.8, 4) is 28.3 Å². The highest BCUT2D eigenvalue weighted by atomic mass is 28.3. The van der Waals surface area contributed by atoms with Gasteiger partial charge in [0.25, 0.3) is 0 Å². The Kier molecular flexibility index (Phi) is 9.01. The Morgan fingerprint density at radius 3 is 2.68 bits per heavy atom. The highest BCUT2D eigenvalue weighted by Crippen LogP contribution is 2.30. The molecule has 2 aromatic heterocycles. The maximum atomic E-state index is 11.4. The van der Waals surface area contributed by atoms with Crippen LogP contribution in [-0.2, 0) is 11.8 Å². The van der Waals surface area contributed by atoms with Gasteiger partial charge in [-0.05, 0) is 42.8 Å². The Hall–Kier alpha value is -4.73. The number of ether oxygens (including phenoxy) is 1. The molecule has 0 aliphatic heterocycles. The summed E-state index contributed by atoms with van der Waals surface area (Å²) in [6, 6.07) is 10.7. The molecule has 0 saturated carbocycles. The lowest BCUT2D eigenvalue weighted by Gasteiger charge is -2.23. The molecule has 1 amide bonds. The molecular formula is C29H33N7O4Si. The summed E-state index contributed by atoms with van der Waals surface area (Å²) in [6.45, 7) is 8.44. The van der Waals surface area contributed by atoms with Crippen LogP contribution in [0, 0.1) is 11.5 Å². The third kappa shape index (κ3) is 8.13. The lowest BCUT2D eigenvalue weighted by molar-refractivity contribution is -0.112. The zero-order valence-corrected chi connectivity index (χ0v) is 24.7. The molecule has 2 aromatic carbocycles. The second kappa shape index (κ2) is 12.6. The van der Waals surface area contributed by atoms with E-state index in [0.717, 1.165) is 32.6 Å². The van der Waals surface area contributed by atoms with E-state index < -0.39 is 20.2 Å². The van der Waals surface area contributed by atoms with Gasteiger partial charge >= 0.3 is 6.09 Å². The molecule has 12 heteroatoms. The van der Waals surface area contributed by atoms with Crippen LogP contribution in [0.5, 0.6) is 5.75 Å². The van der Waals surface area contributed by atoms with Crippen LogP contribution in [0.25, 0.3) is 22.0 Å². The minimum Gasteiger partial charge on any atom is -0.492 e. The average molecular weight is 572 g/mol. The van der Waals surface area contributed by atoms with E-state index in [0.29, 0.717) is 23.7 Å². The number of aryl methyl sites for hydroxylation is 1. The molecule has 3 N–H and O–H groups in total. The van der Waals surface area contributed by atoms with E-state index in [-0.39, 0.29) is 13.2 Å². The molecule has 0 fully saturated rings. The molecule has 0 spiro atoms. The van der Waals surface area contributed by atoms with Crippen molar-refractivity contribution < 1.29 is 19.4 Å². The van der Waals surface area contributed by atoms with Gasteiger partial charge in [0.15, 0.2) is 0 Å². The Morgan fingerprint density at radius 1 is 1.20 bits per heavy atom. The van der Waals surface area contributed by atoms with E-state index in [1.54, 1.807) is 17.1 Å². The first kappa shape index (κ1) is 29.3. The van der Waals surface area contributed by atoms with Crippen LogP contribution in [-0.4, -0.2) is 69.5 Å². The van der Waals surface area contributed by atoms with Crippen molar-refractivity contribution in [3.05, 3.63) is 60.6 Å². The molecule has 212 valence electrons. The second-order valence-electron chi connectivity index (χ2n) is 10.5. The Labute approximate surface area is 239 Å². The fourth-order valence-corrected chi connectivity index (χ4v) is 4.35. The van der Waals surface area contributed by atoms with Crippen LogP contribution in [0.4, 0.5) is 16.4 Å². The van der Waals surface area contributed by atoms with Gasteiger partial charge in [0.2, 0.25) is 5.95 Å². The summed E-state index contributed by atoms with van der Waals surface area (Å²) in [5.74, 6) is 4.24. The molecule has 41 heavy (non-hydrogen) atoms. The number of fused-ring (bicyclic) bond motifs is 1. The number of nitrogens with zero attached hydrogens (tertiary/aromatic N) is 5. The number of carbonyl (C=O) groups excluding carboxylic acids is 1. The van der Waals surface area contributed by atoms with Gasteiger partial charge in [0, 0.05) is 54.3 Å². The van der Waals surface area contributed by atoms with Crippen molar-refractivity contribution in [2.75, 3.05) is 18.5 Å². The van der Waals surface area contributed by atoms with Crippen LogP contribution in [0.3, 0.4) is 0 Å². The summed E-state index contributed by atoms with van der Waals surface area (Å²) in [4.78, 5) is 31.6. The summed E-state index contributed by atoms with van der Waals surface area (Å²) >= 11 is 0. The topological polar surface area (TPSA) is 134 Å². The maximum absolute atomic E-state index is 11.4. The van der Waals surface area contributed by atoms with Gasteiger partial charge in [-0.1, -0.05) is 25.6 Å². The first-order chi connectivity index (χ1) is 19.5. The lowest BCUT2D eigenvalue weighted by Crippen LogP contribution is -2.49. The Balaban J connectivity index is 1.53. The highest BCUT2D eigenvalue weighted by molar-refractivity contribution is 6.83. The van der Waals surface area contributed by atoms with Crippen molar-refractivity contribution in [2.24, 2.45) is 7.05 Å². The number of aromatic nitrogens is 4. The molecule has 0 bridgehead atoms. The summed E-state index contributed by atoms with van der Waals surface area (Å²) in [7, 11) is 0.362. The normalized spacial score (nSPS) is 11.8. The van der Waals surface area contributed by atoms with E-state index >= 15 is 0 Å². The molecule has 0 aliphatic carbocycles. The number of rotatable bonds is 10. The maximum Gasteiger partial charge on any atom is 0.422 e. The van der Waals surface area contributed by atoms with Gasteiger partial charge in [0.05, 0.1) is 11.7 Å². The van der Waals surface area contributed by atoms with Gasteiger partial charge in [0.1, 0.15) is 32.8 Å². The fraction of sp³-hybridized carbons (Fsp3) is 0.276. The average Bonchev–Trinajstić information content (AvgIpc) is 3.37. The molecule has 1 atom stereocenters. The first-order valence-corrected chi connectivity index (χ1v) is 16.6. The number of hydrazine groups is 1. The molecule has 2 heterocycles. The third-order valence-corrected chi connectivity index (χ3v) is 6.70. The van der Waals surface area contributed by atoms with Gasteiger partial charge in [-0.3, -0.25) is 4.68 Å². The zero-order valence-electron chi connectivity index (χ0n) is 23.7. The monoisotopic (exact) mass is 571 g/mol. The summed E-state index contributed by atoms with van der Waals surface area (Å²) < 4.78 is 7.65. The molecule has 11 nitrogen and oxygen atoms in total. The van der Waals surface area contributed by atoms with Crippen LogP contribution in [0.2, 0.25) is 19.6 Å². The molecule has 4 aromatic rings. The number of carbonyl (C=O) groups is 2. The molecule has 0 aliphatic rings. The molecule has 1 unspecified atom stereocenters. The number of benzene rings is 2. The van der Waals surface area contributed by atoms with Gasteiger partial charge in [-0.15, -0.1) is 5.54 Å². The smallest absolute Gasteiger partial charge is 0.422 e. The summed E-state index contributed by atoms with van der Waals surface area (Å²) in [6.07, 6.45) is 4.72. The first-order valence-electron chi connectivity index (χ1n) is 13.1. The standard InChI is InChI=1S/C29H33N7O4Si/c1-20(19-37)36(29(38)39)31-9-10-40-26-14-22(24-17-32-35(2)18-24)13-25(15-26)33-28-30-16-23-12-21(6-7-27(23)34-28)8-11-41(3,4)5/h6-7,12-20,31H,9-10H2,1-5H3,(H,38,39)(H,30,33,34). The SMILES string of the molecule is CC(C=O)N(NCCOc1cc(Nc2ncc3cc(C#C[Si](C)(C)C)ccc3n2)cc(-c2cnn(C)c2)c1)C(=O)O. The van der Waals surface area contributed by atoms with Gasteiger partial charge < -0.3 is 20.0 Å². The van der Waals surface area contributed by atoms with Crippen LogP contribution < -0.4 is 15.5 Å². The highest BCUT2D eigenvalue weighted by Gasteiger charge is 2.18.